The summed E-state index contributed by atoms with van der Waals surface area (Å²) < 4.78 is 0. The van der Waals surface area contributed by atoms with Gasteiger partial charge in [0.1, 0.15) is 0 Å². The Morgan fingerprint density at radius 3 is 1.33 bits per heavy atom. The van der Waals surface area contributed by atoms with Crippen molar-refractivity contribution in [3.8, 4) is 0 Å². The summed E-state index contributed by atoms with van der Waals surface area (Å²) in [6, 6.07) is 2.23. The van der Waals surface area contributed by atoms with Gasteiger partial charge in [0.15, 0.2) is 0 Å². The van der Waals surface area contributed by atoms with Gasteiger partial charge in [0.2, 0.25) is 0 Å². The minimum Gasteiger partial charge on any atom is -0.301 e. The number of likely N-dealkylation sites (tertiary alicyclic amines) is 3. The number of rotatable bonds is 6. The predicted octanol–water partition coefficient (Wildman–Crippen LogP) is 9.07. The van der Waals surface area contributed by atoms with E-state index >= 15 is 0 Å². The molecule has 0 aromatic heterocycles. The largest absolute Gasteiger partial charge is 0.301 e. The Morgan fingerprint density at radius 2 is 0.923 bits per heavy atom. The fourth-order valence-electron chi connectivity index (χ4n) is 7.54. The highest BCUT2D eigenvalue weighted by atomic mass is 15.2. The van der Waals surface area contributed by atoms with Crippen LogP contribution < -0.4 is 0 Å². The molecule has 2 unspecified atom stereocenters. The summed E-state index contributed by atoms with van der Waals surface area (Å²) in [5.74, 6) is 5.55. The fourth-order valence-corrected chi connectivity index (χ4v) is 7.54. The second-order valence-electron chi connectivity index (χ2n) is 16.1. The molecule has 39 heavy (non-hydrogen) atoms. The second kappa shape index (κ2) is 16.5. The summed E-state index contributed by atoms with van der Waals surface area (Å²) in [6.07, 6.45) is 11.6. The Morgan fingerprint density at radius 1 is 0.487 bits per heavy atom. The molecular weight excluding hydrogens is 474 g/mol. The second-order valence-corrected chi connectivity index (χ2v) is 16.1. The summed E-state index contributed by atoms with van der Waals surface area (Å²) >= 11 is 0. The molecule has 3 saturated heterocycles. The molecule has 3 nitrogen and oxygen atoms in total. The Kier molecular flexibility index (Phi) is 14.8. The lowest BCUT2D eigenvalue weighted by molar-refractivity contribution is 0.0311. The Balaban J connectivity index is 0.000000206. The minimum atomic E-state index is 0.736. The van der Waals surface area contributed by atoms with Crippen molar-refractivity contribution in [3.05, 3.63) is 0 Å². The summed E-state index contributed by atoms with van der Waals surface area (Å²) in [7, 11) is 0. The number of nitrogens with zero attached hydrogens (tertiary/aromatic N) is 3. The van der Waals surface area contributed by atoms with Crippen LogP contribution in [0, 0.1) is 40.9 Å². The smallest absolute Gasteiger partial charge is 0.00414 e. The van der Waals surface area contributed by atoms with Crippen LogP contribution in [0.25, 0.3) is 0 Å². The molecule has 4 fully saturated rings. The van der Waals surface area contributed by atoms with Crippen molar-refractivity contribution in [2.24, 2.45) is 40.9 Å². The van der Waals surface area contributed by atoms with Crippen LogP contribution in [0.4, 0.5) is 0 Å². The maximum atomic E-state index is 2.66. The van der Waals surface area contributed by atoms with E-state index in [-0.39, 0.29) is 0 Å². The first-order valence-corrected chi connectivity index (χ1v) is 17.5. The average Bonchev–Trinajstić information content (AvgIpc) is 3.15. The molecule has 0 radical (unpaired) electrons. The van der Waals surface area contributed by atoms with Crippen LogP contribution in [0.15, 0.2) is 0 Å². The van der Waals surface area contributed by atoms with Gasteiger partial charge in [0.25, 0.3) is 0 Å². The molecule has 0 bridgehead atoms. The quantitative estimate of drug-likeness (QED) is 0.328. The van der Waals surface area contributed by atoms with Crippen LogP contribution in [0.2, 0.25) is 0 Å². The van der Waals surface area contributed by atoms with Crippen LogP contribution in [0.1, 0.15) is 134 Å². The van der Waals surface area contributed by atoms with Crippen molar-refractivity contribution >= 4 is 0 Å². The third kappa shape index (κ3) is 11.2. The molecule has 1 spiro atoms. The molecule has 0 aromatic rings. The van der Waals surface area contributed by atoms with Crippen LogP contribution in [-0.4, -0.2) is 72.1 Å². The van der Waals surface area contributed by atoms with E-state index in [0.717, 1.165) is 59.0 Å². The normalized spacial score (nSPS) is 31.1. The van der Waals surface area contributed by atoms with Gasteiger partial charge in [-0.05, 0) is 147 Å². The van der Waals surface area contributed by atoms with E-state index in [0.29, 0.717) is 0 Å². The van der Waals surface area contributed by atoms with Crippen LogP contribution in [0.3, 0.4) is 0 Å². The lowest BCUT2D eigenvalue weighted by atomic mass is 9.58. The summed E-state index contributed by atoms with van der Waals surface area (Å²) in [5.41, 5.74) is 0.749. The molecule has 232 valence electrons. The van der Waals surface area contributed by atoms with Crippen LogP contribution >= 0.6 is 0 Å². The fraction of sp³-hybridized carbons (Fsp3) is 1.00. The molecule has 3 heteroatoms. The van der Waals surface area contributed by atoms with E-state index in [2.05, 4.69) is 97.8 Å². The van der Waals surface area contributed by atoms with Crippen LogP contribution in [0.5, 0.6) is 0 Å². The number of hydrogen-bond donors (Lipinski definition) is 0. The van der Waals surface area contributed by atoms with Gasteiger partial charge in [-0.3, -0.25) is 0 Å². The lowest BCUT2D eigenvalue weighted by Gasteiger charge is -2.47. The third-order valence-corrected chi connectivity index (χ3v) is 11.1. The lowest BCUT2D eigenvalue weighted by Crippen LogP contribution is -2.42. The Labute approximate surface area is 247 Å². The van der Waals surface area contributed by atoms with E-state index in [1.807, 2.05) is 0 Å². The Hall–Kier alpha value is -0.120. The van der Waals surface area contributed by atoms with Gasteiger partial charge in [0.05, 0.1) is 0 Å². The van der Waals surface area contributed by atoms with Gasteiger partial charge in [-0.15, -0.1) is 0 Å². The highest BCUT2D eigenvalue weighted by molar-refractivity contribution is 5.01. The van der Waals surface area contributed by atoms with E-state index in [1.165, 1.54) is 90.6 Å². The summed E-state index contributed by atoms with van der Waals surface area (Å²) in [4.78, 5) is 7.93. The number of piperidine rings is 1. The molecule has 4 rings (SSSR count). The molecular formula is C36H73N3. The predicted molar refractivity (Wildman–Crippen MR) is 174 cm³/mol. The molecule has 1 saturated carbocycles. The molecule has 2 atom stereocenters. The zero-order valence-corrected chi connectivity index (χ0v) is 28.9. The van der Waals surface area contributed by atoms with Crippen molar-refractivity contribution in [1.29, 1.82) is 0 Å². The monoisotopic (exact) mass is 548 g/mol. The van der Waals surface area contributed by atoms with E-state index in [9.17, 15) is 0 Å². The Bertz CT molecular complexity index is 616. The molecule has 1 aliphatic carbocycles. The molecule has 3 aliphatic heterocycles. The SMILES string of the molecule is CC(C)C1CC2(CCN(C(C)C)C2)C1.CC(C)C1CCCCN(C(C)C)C1.CC(C)C1CCCN(C(C)C)C1. The molecule has 3 heterocycles. The molecule has 0 aromatic carbocycles. The van der Waals surface area contributed by atoms with Crippen molar-refractivity contribution in [2.75, 3.05) is 39.3 Å². The van der Waals surface area contributed by atoms with Gasteiger partial charge in [-0.1, -0.05) is 48.0 Å². The van der Waals surface area contributed by atoms with Crippen molar-refractivity contribution < 1.29 is 0 Å². The first-order valence-electron chi connectivity index (χ1n) is 17.5. The zero-order chi connectivity index (χ0) is 29.3. The standard InChI is InChI=1S/C13H25N.C12H25N.C11H23N/c1-10(2)12-7-13(8-12)5-6-14(9-13)11(3)4;1-10(2)12-7-5-6-8-13(9-12)11(3)4;1-9(2)11-6-5-7-12(8-11)10(3)4/h10-12H,5-9H2,1-4H3;10-12H,5-9H2,1-4H3;9-11H,5-8H2,1-4H3. The van der Waals surface area contributed by atoms with E-state index < -0.39 is 0 Å². The topological polar surface area (TPSA) is 9.72 Å². The van der Waals surface area contributed by atoms with Gasteiger partial charge in [-0.2, -0.15) is 0 Å². The third-order valence-electron chi connectivity index (χ3n) is 11.1. The molecule has 0 amide bonds. The van der Waals surface area contributed by atoms with Crippen molar-refractivity contribution in [3.63, 3.8) is 0 Å². The number of hydrogen-bond acceptors (Lipinski definition) is 3. The van der Waals surface area contributed by atoms with Gasteiger partial charge < -0.3 is 14.7 Å². The van der Waals surface area contributed by atoms with Crippen molar-refractivity contribution in [1.82, 2.24) is 14.7 Å². The maximum absolute atomic E-state index is 2.66. The van der Waals surface area contributed by atoms with Crippen LogP contribution in [-0.2, 0) is 0 Å². The highest BCUT2D eigenvalue weighted by Crippen LogP contribution is 2.54. The van der Waals surface area contributed by atoms with Gasteiger partial charge in [-0.25, -0.2) is 0 Å². The molecule has 0 N–H and O–H groups in total. The highest BCUT2D eigenvalue weighted by Gasteiger charge is 2.49. The first-order chi connectivity index (χ1) is 18.2. The van der Waals surface area contributed by atoms with Gasteiger partial charge >= 0.3 is 0 Å². The maximum Gasteiger partial charge on any atom is 0.00414 e. The first kappa shape index (κ1) is 35.1. The summed E-state index contributed by atoms with van der Waals surface area (Å²) in [6.45, 7) is 36.2. The van der Waals surface area contributed by atoms with Crippen molar-refractivity contribution in [2.45, 2.75) is 153 Å². The van der Waals surface area contributed by atoms with Gasteiger partial charge in [0, 0.05) is 37.8 Å². The zero-order valence-electron chi connectivity index (χ0n) is 28.9. The summed E-state index contributed by atoms with van der Waals surface area (Å²) in [5, 5.41) is 0. The molecule has 4 aliphatic rings. The minimum absolute atomic E-state index is 0.736. The van der Waals surface area contributed by atoms with E-state index in [1.54, 1.807) is 0 Å². The average molecular weight is 548 g/mol. The van der Waals surface area contributed by atoms with E-state index in [4.69, 9.17) is 0 Å².